The van der Waals surface area contributed by atoms with Gasteiger partial charge in [-0.15, -0.1) is 0 Å². The minimum atomic E-state index is -3.25. The van der Waals surface area contributed by atoms with Crippen LogP contribution < -0.4 is 0 Å². The Hall–Kier alpha value is -0.0900. The minimum Gasteiger partial charge on any atom is -0.267 e. The van der Waals surface area contributed by atoms with Crippen molar-refractivity contribution in [2.24, 2.45) is 5.92 Å². The third kappa shape index (κ3) is 2.20. The van der Waals surface area contributed by atoms with Crippen LogP contribution in [0.2, 0.25) is 0 Å². The highest BCUT2D eigenvalue weighted by Gasteiger charge is 2.47. The maximum atomic E-state index is 11.4. The first-order valence-corrected chi connectivity index (χ1v) is 5.86. The number of rotatable bonds is 4. The molecule has 0 saturated heterocycles. The first-order valence-electron chi connectivity index (χ1n) is 4.39. The summed E-state index contributed by atoms with van der Waals surface area (Å²) in [6, 6.07) is 0. The molecule has 0 spiro atoms. The molecule has 0 aromatic rings. The standard InChI is InChI=1S/C8H16O3S/c1-4-7-5-8(7)12(9,10)11-6(2)3/h6-8H,4-5H2,1-3H3/t7-,8+/m0/s1. The Kier molecular flexibility index (Phi) is 2.78. The highest BCUT2D eigenvalue weighted by Crippen LogP contribution is 2.40. The Morgan fingerprint density at radius 3 is 2.42 bits per heavy atom. The van der Waals surface area contributed by atoms with Crippen molar-refractivity contribution >= 4 is 10.1 Å². The second-order valence-electron chi connectivity index (χ2n) is 3.58. The van der Waals surface area contributed by atoms with Crippen molar-refractivity contribution in [2.45, 2.75) is 45.0 Å². The van der Waals surface area contributed by atoms with Crippen LogP contribution in [-0.4, -0.2) is 19.8 Å². The van der Waals surface area contributed by atoms with Crippen LogP contribution in [0, 0.1) is 5.92 Å². The first-order chi connectivity index (χ1) is 5.47. The molecule has 0 unspecified atom stereocenters. The van der Waals surface area contributed by atoms with Crippen molar-refractivity contribution in [2.75, 3.05) is 0 Å². The lowest BCUT2D eigenvalue weighted by molar-refractivity contribution is 0.247. The minimum absolute atomic E-state index is 0.218. The molecule has 0 aromatic heterocycles. The van der Waals surface area contributed by atoms with E-state index in [0.29, 0.717) is 5.92 Å². The van der Waals surface area contributed by atoms with E-state index >= 15 is 0 Å². The molecule has 72 valence electrons. The second kappa shape index (κ2) is 3.34. The van der Waals surface area contributed by atoms with Crippen molar-refractivity contribution < 1.29 is 12.6 Å². The van der Waals surface area contributed by atoms with Crippen LogP contribution in [0.3, 0.4) is 0 Å². The highest BCUT2D eigenvalue weighted by atomic mass is 32.2. The molecular weight excluding hydrogens is 176 g/mol. The molecule has 0 amide bonds. The van der Waals surface area contributed by atoms with Crippen LogP contribution in [0.1, 0.15) is 33.6 Å². The van der Waals surface area contributed by atoms with Gasteiger partial charge in [-0.1, -0.05) is 13.3 Å². The Labute approximate surface area is 74.2 Å². The average molecular weight is 192 g/mol. The summed E-state index contributed by atoms with van der Waals surface area (Å²) >= 11 is 0. The van der Waals surface area contributed by atoms with Crippen molar-refractivity contribution in [3.8, 4) is 0 Å². The lowest BCUT2D eigenvalue weighted by Crippen LogP contribution is -2.17. The second-order valence-corrected chi connectivity index (χ2v) is 5.36. The molecule has 0 N–H and O–H groups in total. The van der Waals surface area contributed by atoms with Gasteiger partial charge in [0.05, 0.1) is 11.4 Å². The van der Waals surface area contributed by atoms with E-state index in [0.717, 1.165) is 12.8 Å². The SMILES string of the molecule is CC[C@H]1C[C@H]1S(=O)(=O)OC(C)C. The molecule has 1 aliphatic rings. The fraction of sp³-hybridized carbons (Fsp3) is 1.00. The molecule has 0 bridgehead atoms. The van der Waals surface area contributed by atoms with Crippen molar-refractivity contribution in [1.82, 2.24) is 0 Å². The monoisotopic (exact) mass is 192 g/mol. The third-order valence-corrected chi connectivity index (χ3v) is 4.05. The van der Waals surface area contributed by atoms with Gasteiger partial charge in [0.1, 0.15) is 0 Å². The molecule has 1 saturated carbocycles. The molecule has 0 aliphatic heterocycles. The molecule has 4 heteroatoms. The maximum absolute atomic E-state index is 11.4. The van der Waals surface area contributed by atoms with E-state index in [1.54, 1.807) is 13.8 Å². The Morgan fingerprint density at radius 2 is 2.08 bits per heavy atom. The van der Waals surface area contributed by atoms with Crippen molar-refractivity contribution in [1.29, 1.82) is 0 Å². The first kappa shape index (κ1) is 9.99. The zero-order chi connectivity index (χ0) is 9.35. The summed E-state index contributed by atoms with van der Waals surface area (Å²) in [5.41, 5.74) is 0. The van der Waals surface area contributed by atoms with E-state index in [2.05, 4.69) is 0 Å². The Morgan fingerprint density at radius 1 is 1.50 bits per heavy atom. The highest BCUT2D eigenvalue weighted by molar-refractivity contribution is 7.87. The van der Waals surface area contributed by atoms with Crippen molar-refractivity contribution in [3.05, 3.63) is 0 Å². The summed E-state index contributed by atoms with van der Waals surface area (Å²) in [6.07, 6.45) is 1.49. The lowest BCUT2D eigenvalue weighted by atomic mass is 10.3. The zero-order valence-electron chi connectivity index (χ0n) is 7.78. The largest absolute Gasteiger partial charge is 0.270 e. The summed E-state index contributed by atoms with van der Waals surface area (Å²) in [5, 5.41) is -0.218. The van der Waals surface area contributed by atoms with Gasteiger partial charge in [-0.2, -0.15) is 8.42 Å². The molecule has 0 radical (unpaired) electrons. The van der Waals surface area contributed by atoms with Gasteiger partial charge in [0.2, 0.25) is 0 Å². The molecule has 3 nitrogen and oxygen atoms in total. The smallest absolute Gasteiger partial charge is 0.267 e. The molecule has 0 heterocycles. The van der Waals surface area contributed by atoms with Gasteiger partial charge in [0, 0.05) is 0 Å². The summed E-state index contributed by atoms with van der Waals surface area (Å²) in [4.78, 5) is 0. The Bertz CT molecular complexity index is 243. The van der Waals surface area contributed by atoms with E-state index in [1.807, 2.05) is 6.92 Å². The van der Waals surface area contributed by atoms with Crippen LogP contribution in [0.15, 0.2) is 0 Å². The molecule has 1 aliphatic carbocycles. The summed E-state index contributed by atoms with van der Waals surface area (Å²) < 4.78 is 27.6. The van der Waals surface area contributed by atoms with Gasteiger partial charge in [0.15, 0.2) is 0 Å². The lowest BCUT2D eigenvalue weighted by Gasteiger charge is -2.06. The Balaban J connectivity index is 2.51. The van der Waals surface area contributed by atoms with Gasteiger partial charge in [-0.05, 0) is 26.2 Å². The average Bonchev–Trinajstić information content (AvgIpc) is 2.61. The van der Waals surface area contributed by atoms with Crippen LogP contribution in [-0.2, 0) is 14.3 Å². The quantitative estimate of drug-likeness (QED) is 0.634. The van der Waals surface area contributed by atoms with E-state index in [-0.39, 0.29) is 11.4 Å². The van der Waals surface area contributed by atoms with Gasteiger partial charge in [-0.25, -0.2) is 0 Å². The molecule has 0 aromatic carbocycles. The van der Waals surface area contributed by atoms with E-state index < -0.39 is 10.1 Å². The van der Waals surface area contributed by atoms with Crippen LogP contribution in [0.25, 0.3) is 0 Å². The van der Waals surface area contributed by atoms with Gasteiger partial charge in [-0.3, -0.25) is 4.18 Å². The number of hydrogen-bond donors (Lipinski definition) is 0. The van der Waals surface area contributed by atoms with Crippen LogP contribution in [0.5, 0.6) is 0 Å². The van der Waals surface area contributed by atoms with Crippen LogP contribution in [0.4, 0.5) is 0 Å². The van der Waals surface area contributed by atoms with Crippen molar-refractivity contribution in [3.63, 3.8) is 0 Å². The van der Waals surface area contributed by atoms with E-state index in [1.165, 1.54) is 0 Å². The normalized spacial score (nSPS) is 29.3. The fourth-order valence-corrected chi connectivity index (χ4v) is 3.17. The summed E-state index contributed by atoms with van der Waals surface area (Å²) in [6.45, 7) is 5.48. The van der Waals surface area contributed by atoms with Gasteiger partial charge in [0.25, 0.3) is 10.1 Å². The topological polar surface area (TPSA) is 43.4 Å². The summed E-state index contributed by atoms with van der Waals surface area (Å²) in [7, 11) is -3.25. The predicted octanol–water partition coefficient (Wildman–Crippen LogP) is 1.54. The molecular formula is C8H16O3S. The fourth-order valence-electron chi connectivity index (χ4n) is 1.34. The van der Waals surface area contributed by atoms with E-state index in [4.69, 9.17) is 4.18 Å². The number of hydrogen-bond acceptors (Lipinski definition) is 3. The van der Waals surface area contributed by atoms with Crippen LogP contribution >= 0.6 is 0 Å². The zero-order valence-corrected chi connectivity index (χ0v) is 8.60. The molecule has 1 rings (SSSR count). The predicted molar refractivity (Wildman–Crippen MR) is 47.3 cm³/mol. The molecule has 2 atom stereocenters. The maximum Gasteiger partial charge on any atom is 0.270 e. The summed E-state index contributed by atoms with van der Waals surface area (Å²) in [5.74, 6) is 0.341. The van der Waals surface area contributed by atoms with Gasteiger partial charge >= 0.3 is 0 Å². The third-order valence-electron chi connectivity index (χ3n) is 2.08. The van der Waals surface area contributed by atoms with Gasteiger partial charge < -0.3 is 0 Å². The van der Waals surface area contributed by atoms with E-state index in [9.17, 15) is 8.42 Å². The molecule has 12 heavy (non-hydrogen) atoms. The molecule has 1 fully saturated rings.